The summed E-state index contributed by atoms with van der Waals surface area (Å²) in [6.07, 6.45) is 3.19. The summed E-state index contributed by atoms with van der Waals surface area (Å²) in [7, 11) is 0. The normalized spacial score (nSPS) is 17.6. The molecule has 1 aliphatic heterocycles. The fourth-order valence-corrected chi connectivity index (χ4v) is 2.63. The molecule has 21 heavy (non-hydrogen) atoms. The van der Waals surface area contributed by atoms with Gasteiger partial charge in [0.1, 0.15) is 5.82 Å². The van der Waals surface area contributed by atoms with Crippen LogP contribution in [0, 0.1) is 12.3 Å². The molecule has 0 unspecified atom stereocenters. The first-order valence-corrected chi connectivity index (χ1v) is 7.93. The Bertz CT molecular complexity index is 501. The number of rotatable bonds is 4. The highest BCUT2D eigenvalue weighted by Crippen LogP contribution is 2.30. The molecule has 0 spiro atoms. The van der Waals surface area contributed by atoms with Gasteiger partial charge >= 0.3 is 0 Å². The van der Waals surface area contributed by atoms with Gasteiger partial charge in [0.2, 0.25) is 0 Å². The van der Waals surface area contributed by atoms with Crippen LogP contribution in [0.4, 0.5) is 5.82 Å². The average Bonchev–Trinajstić information content (AvgIpc) is 2.44. The van der Waals surface area contributed by atoms with E-state index in [1.807, 2.05) is 24.0 Å². The predicted molar refractivity (Wildman–Crippen MR) is 86.7 cm³/mol. The van der Waals surface area contributed by atoms with Gasteiger partial charge in [0.25, 0.3) is 5.91 Å². The molecule has 0 bridgehead atoms. The number of anilines is 1. The summed E-state index contributed by atoms with van der Waals surface area (Å²) in [5, 5.41) is 3.26. The summed E-state index contributed by atoms with van der Waals surface area (Å²) in [5.41, 5.74) is 2.00. The maximum absolute atomic E-state index is 12.7. The van der Waals surface area contributed by atoms with E-state index in [1.54, 1.807) is 0 Å². The van der Waals surface area contributed by atoms with E-state index in [4.69, 9.17) is 0 Å². The van der Waals surface area contributed by atoms with E-state index in [1.165, 1.54) is 0 Å². The average molecular weight is 289 g/mol. The van der Waals surface area contributed by atoms with Gasteiger partial charge in [0.05, 0.1) is 0 Å². The Balaban J connectivity index is 2.10. The maximum Gasteiger partial charge on any atom is 0.254 e. The highest BCUT2D eigenvalue weighted by molar-refractivity contribution is 5.95. The SMILES string of the molecule is CCCNc1cc(C(=O)N2CCC(C)(C)CC2)cc(C)n1. The highest BCUT2D eigenvalue weighted by atomic mass is 16.2. The van der Waals surface area contributed by atoms with Crippen molar-refractivity contribution in [1.82, 2.24) is 9.88 Å². The van der Waals surface area contributed by atoms with Crippen molar-refractivity contribution in [3.63, 3.8) is 0 Å². The lowest BCUT2D eigenvalue weighted by Crippen LogP contribution is -2.41. The number of aromatic nitrogens is 1. The molecule has 1 fully saturated rings. The van der Waals surface area contributed by atoms with Crippen molar-refractivity contribution in [3.8, 4) is 0 Å². The minimum atomic E-state index is 0.135. The number of nitrogens with zero attached hydrogens (tertiary/aromatic N) is 2. The molecule has 4 nitrogen and oxygen atoms in total. The number of nitrogens with one attached hydrogen (secondary N) is 1. The van der Waals surface area contributed by atoms with Crippen molar-refractivity contribution in [2.45, 2.75) is 47.0 Å². The molecule has 1 saturated heterocycles. The molecule has 1 N–H and O–H groups in total. The van der Waals surface area contributed by atoms with Crippen LogP contribution in [0.2, 0.25) is 0 Å². The fraction of sp³-hybridized carbons (Fsp3) is 0.647. The van der Waals surface area contributed by atoms with Crippen LogP contribution in [0.5, 0.6) is 0 Å². The smallest absolute Gasteiger partial charge is 0.254 e. The Kier molecular flexibility index (Phi) is 4.86. The summed E-state index contributed by atoms with van der Waals surface area (Å²) < 4.78 is 0. The molecule has 0 atom stereocenters. The summed E-state index contributed by atoms with van der Waals surface area (Å²) in [4.78, 5) is 19.1. The van der Waals surface area contributed by atoms with Crippen LogP contribution in [-0.4, -0.2) is 35.4 Å². The number of piperidine rings is 1. The zero-order valence-corrected chi connectivity index (χ0v) is 13.7. The molecular weight excluding hydrogens is 262 g/mol. The molecule has 1 aromatic heterocycles. The third-order valence-corrected chi connectivity index (χ3v) is 4.16. The first kappa shape index (κ1) is 15.8. The van der Waals surface area contributed by atoms with Gasteiger partial charge in [0, 0.05) is 30.9 Å². The minimum Gasteiger partial charge on any atom is -0.370 e. The Labute approximate surface area is 127 Å². The number of pyridine rings is 1. The molecular formula is C17H27N3O. The van der Waals surface area contributed by atoms with E-state index in [9.17, 15) is 4.79 Å². The van der Waals surface area contributed by atoms with Crippen LogP contribution in [0.1, 0.15) is 56.1 Å². The lowest BCUT2D eigenvalue weighted by molar-refractivity contribution is 0.0630. The van der Waals surface area contributed by atoms with Gasteiger partial charge in [-0.05, 0) is 43.7 Å². The quantitative estimate of drug-likeness (QED) is 0.923. The van der Waals surface area contributed by atoms with Crippen molar-refractivity contribution in [2.24, 2.45) is 5.41 Å². The zero-order valence-electron chi connectivity index (χ0n) is 13.7. The van der Waals surface area contributed by atoms with Crippen molar-refractivity contribution >= 4 is 11.7 Å². The third kappa shape index (κ3) is 4.19. The Morgan fingerprint density at radius 3 is 2.62 bits per heavy atom. The number of carbonyl (C=O) groups excluding carboxylic acids is 1. The summed E-state index contributed by atoms with van der Waals surface area (Å²) >= 11 is 0. The first-order chi connectivity index (χ1) is 9.91. The van der Waals surface area contributed by atoms with Gasteiger partial charge < -0.3 is 10.2 Å². The van der Waals surface area contributed by atoms with Crippen LogP contribution in [0.15, 0.2) is 12.1 Å². The lowest BCUT2D eigenvalue weighted by atomic mass is 9.82. The van der Waals surface area contributed by atoms with Gasteiger partial charge in [-0.2, -0.15) is 0 Å². The highest BCUT2D eigenvalue weighted by Gasteiger charge is 2.28. The second-order valence-electron chi connectivity index (χ2n) is 6.77. The van der Waals surface area contributed by atoms with Crippen LogP contribution in [0.3, 0.4) is 0 Å². The van der Waals surface area contributed by atoms with Gasteiger partial charge in [-0.1, -0.05) is 20.8 Å². The van der Waals surface area contributed by atoms with E-state index in [0.29, 0.717) is 5.41 Å². The molecule has 2 heterocycles. The summed E-state index contributed by atoms with van der Waals surface area (Å²) in [6, 6.07) is 3.77. The van der Waals surface area contributed by atoms with Crippen LogP contribution >= 0.6 is 0 Å². The van der Waals surface area contributed by atoms with Crippen molar-refractivity contribution in [2.75, 3.05) is 25.0 Å². The standard InChI is InChI=1S/C17H27N3O/c1-5-8-18-15-12-14(11-13(2)19-15)16(21)20-9-6-17(3,4)7-10-20/h11-12H,5-10H2,1-4H3,(H,18,19). The van der Waals surface area contributed by atoms with E-state index in [-0.39, 0.29) is 5.91 Å². The van der Waals surface area contributed by atoms with E-state index in [2.05, 4.69) is 31.1 Å². The molecule has 4 heteroatoms. The predicted octanol–water partition coefficient (Wildman–Crippen LogP) is 3.47. The number of hydrogen-bond donors (Lipinski definition) is 1. The summed E-state index contributed by atoms with van der Waals surface area (Å²) in [5.74, 6) is 0.938. The number of amides is 1. The maximum atomic E-state index is 12.7. The van der Waals surface area contributed by atoms with E-state index < -0.39 is 0 Å². The van der Waals surface area contributed by atoms with E-state index >= 15 is 0 Å². The Morgan fingerprint density at radius 1 is 1.33 bits per heavy atom. The van der Waals surface area contributed by atoms with Crippen LogP contribution in [0.25, 0.3) is 0 Å². The topological polar surface area (TPSA) is 45.2 Å². The molecule has 0 saturated carbocycles. The summed E-state index contributed by atoms with van der Waals surface area (Å²) in [6.45, 7) is 11.2. The van der Waals surface area contributed by atoms with Gasteiger partial charge in [0.15, 0.2) is 0 Å². The fourth-order valence-electron chi connectivity index (χ4n) is 2.63. The third-order valence-electron chi connectivity index (χ3n) is 4.16. The van der Waals surface area contributed by atoms with Crippen molar-refractivity contribution in [1.29, 1.82) is 0 Å². The largest absolute Gasteiger partial charge is 0.370 e. The minimum absolute atomic E-state index is 0.135. The van der Waals surface area contributed by atoms with Crippen LogP contribution in [-0.2, 0) is 0 Å². The second kappa shape index (κ2) is 6.46. The molecule has 1 amide bonds. The molecule has 1 aromatic rings. The lowest BCUT2D eigenvalue weighted by Gasteiger charge is -2.37. The molecule has 0 aromatic carbocycles. The first-order valence-electron chi connectivity index (χ1n) is 7.93. The zero-order chi connectivity index (χ0) is 15.5. The number of likely N-dealkylation sites (tertiary alicyclic amines) is 1. The number of hydrogen-bond acceptors (Lipinski definition) is 3. The Morgan fingerprint density at radius 2 is 2.00 bits per heavy atom. The van der Waals surface area contributed by atoms with Gasteiger partial charge in [-0.25, -0.2) is 4.98 Å². The van der Waals surface area contributed by atoms with E-state index in [0.717, 1.165) is 56.0 Å². The molecule has 116 valence electrons. The van der Waals surface area contributed by atoms with Crippen molar-refractivity contribution < 1.29 is 4.79 Å². The van der Waals surface area contributed by atoms with Crippen molar-refractivity contribution in [3.05, 3.63) is 23.4 Å². The number of carbonyl (C=O) groups is 1. The molecule has 2 rings (SSSR count). The van der Waals surface area contributed by atoms with Gasteiger partial charge in [-0.3, -0.25) is 4.79 Å². The van der Waals surface area contributed by atoms with Crippen LogP contribution < -0.4 is 5.32 Å². The molecule has 1 aliphatic rings. The number of aryl methyl sites for hydroxylation is 1. The Hall–Kier alpha value is -1.58. The second-order valence-corrected chi connectivity index (χ2v) is 6.77. The molecule has 0 radical (unpaired) electrons. The van der Waals surface area contributed by atoms with Gasteiger partial charge in [-0.15, -0.1) is 0 Å². The molecule has 0 aliphatic carbocycles. The monoisotopic (exact) mass is 289 g/mol.